The van der Waals surface area contributed by atoms with Crippen LogP contribution in [0.25, 0.3) is 5.82 Å². The van der Waals surface area contributed by atoms with Crippen molar-refractivity contribution in [1.29, 1.82) is 0 Å². The highest BCUT2D eigenvalue weighted by Crippen LogP contribution is 2.17. The molecule has 0 aliphatic carbocycles. The van der Waals surface area contributed by atoms with Gasteiger partial charge in [-0.1, -0.05) is 6.92 Å². The number of carbonyl (C=O) groups is 1. The molecule has 0 atom stereocenters. The molecule has 0 aromatic carbocycles. The molecule has 0 bridgehead atoms. The molecule has 5 nitrogen and oxygen atoms in total. The molecule has 0 amide bonds. The quantitative estimate of drug-likeness (QED) is 0.919. The molecule has 0 saturated carbocycles. The van der Waals surface area contributed by atoms with Gasteiger partial charge in [-0.15, -0.1) is 0 Å². The largest absolute Gasteiger partial charge is 0.478 e. The van der Waals surface area contributed by atoms with Gasteiger partial charge in [0.2, 0.25) is 0 Å². The van der Waals surface area contributed by atoms with Gasteiger partial charge in [0.05, 0.1) is 11.3 Å². The highest BCUT2D eigenvalue weighted by Gasteiger charge is 2.13. The summed E-state index contributed by atoms with van der Waals surface area (Å²) in [7, 11) is 0. The zero-order chi connectivity index (χ0) is 14.2. The third-order valence-corrected chi connectivity index (χ3v) is 3.34. The van der Waals surface area contributed by atoms with Crippen LogP contribution >= 0.6 is 0 Å². The molecule has 0 radical (unpaired) electrons. The fourth-order valence-electron chi connectivity index (χ4n) is 1.93. The van der Waals surface area contributed by atoms with E-state index in [0.717, 1.165) is 22.6 Å². The number of aromatic carboxylic acids is 1. The zero-order valence-corrected chi connectivity index (χ0v) is 11.6. The number of nitrogens with zero attached hydrogens (tertiary/aromatic N) is 3. The number of hydrogen-bond acceptors (Lipinski definition) is 3. The molecule has 2 heterocycles. The maximum Gasteiger partial charge on any atom is 0.335 e. The van der Waals surface area contributed by atoms with Crippen molar-refractivity contribution >= 4 is 5.97 Å². The number of carboxylic acids is 1. The van der Waals surface area contributed by atoms with E-state index in [0.29, 0.717) is 12.2 Å². The first-order valence-corrected chi connectivity index (χ1v) is 6.21. The molecule has 0 spiro atoms. The molecule has 0 unspecified atom stereocenters. The summed E-state index contributed by atoms with van der Waals surface area (Å²) in [5.41, 5.74) is 4.00. The van der Waals surface area contributed by atoms with Gasteiger partial charge in [0.1, 0.15) is 0 Å². The van der Waals surface area contributed by atoms with Crippen LogP contribution in [0, 0.1) is 20.8 Å². The lowest BCUT2D eigenvalue weighted by Crippen LogP contribution is -2.08. The summed E-state index contributed by atoms with van der Waals surface area (Å²) in [6, 6.07) is 3.16. The van der Waals surface area contributed by atoms with Crippen LogP contribution in [0.4, 0.5) is 0 Å². The second-order valence-corrected chi connectivity index (χ2v) is 4.57. The van der Waals surface area contributed by atoms with Crippen LogP contribution in [-0.2, 0) is 6.42 Å². The van der Waals surface area contributed by atoms with Crippen LogP contribution < -0.4 is 0 Å². The third kappa shape index (κ3) is 2.36. The lowest BCUT2D eigenvalue weighted by Gasteiger charge is -2.07. The van der Waals surface area contributed by atoms with E-state index in [2.05, 4.69) is 10.1 Å². The van der Waals surface area contributed by atoms with Gasteiger partial charge >= 0.3 is 5.97 Å². The zero-order valence-electron chi connectivity index (χ0n) is 11.6. The fourth-order valence-corrected chi connectivity index (χ4v) is 1.93. The van der Waals surface area contributed by atoms with Crippen molar-refractivity contribution in [2.45, 2.75) is 34.1 Å². The summed E-state index contributed by atoms with van der Waals surface area (Å²) in [6.45, 7) is 7.83. The molecule has 5 heteroatoms. The van der Waals surface area contributed by atoms with E-state index >= 15 is 0 Å². The minimum Gasteiger partial charge on any atom is -0.478 e. The van der Waals surface area contributed by atoms with E-state index in [-0.39, 0.29) is 5.56 Å². The molecular formula is C14H17N3O2. The van der Waals surface area contributed by atoms with Crippen molar-refractivity contribution in [3.8, 4) is 5.82 Å². The normalized spacial score (nSPS) is 10.7. The van der Waals surface area contributed by atoms with Gasteiger partial charge in [0.15, 0.2) is 5.82 Å². The van der Waals surface area contributed by atoms with E-state index in [1.54, 1.807) is 16.8 Å². The molecule has 2 rings (SSSR count). The second kappa shape index (κ2) is 4.84. The summed E-state index contributed by atoms with van der Waals surface area (Å²) in [5, 5.41) is 13.6. The first-order chi connectivity index (χ1) is 8.93. The van der Waals surface area contributed by atoms with E-state index in [9.17, 15) is 4.79 Å². The average Bonchev–Trinajstić information content (AvgIpc) is 2.66. The Labute approximate surface area is 111 Å². The number of hydrogen-bond donors (Lipinski definition) is 1. The predicted molar refractivity (Wildman–Crippen MR) is 71.9 cm³/mol. The van der Waals surface area contributed by atoms with Crippen LogP contribution in [0.5, 0.6) is 0 Å². The number of aromatic nitrogens is 3. The molecule has 0 aliphatic heterocycles. The van der Waals surface area contributed by atoms with Gasteiger partial charge in [-0.25, -0.2) is 14.5 Å². The minimum absolute atomic E-state index is 0.243. The van der Waals surface area contributed by atoms with E-state index in [1.165, 1.54) is 0 Å². The Kier molecular flexibility index (Phi) is 3.38. The van der Waals surface area contributed by atoms with Crippen molar-refractivity contribution in [3.63, 3.8) is 0 Å². The first-order valence-electron chi connectivity index (χ1n) is 6.21. The maximum atomic E-state index is 11.2. The fraction of sp³-hybridized carbons (Fsp3) is 0.357. The van der Waals surface area contributed by atoms with E-state index < -0.39 is 5.97 Å². The number of pyridine rings is 1. The Hall–Kier alpha value is -2.17. The SMILES string of the molecule is CCc1cc(C(=O)O)cc(-n2nc(C)c(C)c2C)n1. The van der Waals surface area contributed by atoms with Crippen LogP contribution in [-0.4, -0.2) is 25.8 Å². The molecule has 2 aromatic rings. The Bertz CT molecular complexity index is 644. The maximum absolute atomic E-state index is 11.2. The Morgan fingerprint density at radius 3 is 2.47 bits per heavy atom. The van der Waals surface area contributed by atoms with Crippen molar-refractivity contribution in [2.24, 2.45) is 0 Å². The molecule has 100 valence electrons. The molecule has 1 N–H and O–H groups in total. The summed E-state index contributed by atoms with van der Waals surface area (Å²) in [4.78, 5) is 15.6. The summed E-state index contributed by atoms with van der Waals surface area (Å²) < 4.78 is 1.70. The van der Waals surface area contributed by atoms with Gasteiger partial charge in [0.25, 0.3) is 0 Å². The van der Waals surface area contributed by atoms with E-state index in [4.69, 9.17) is 5.11 Å². The van der Waals surface area contributed by atoms with Gasteiger partial charge in [-0.05, 0) is 44.9 Å². The van der Waals surface area contributed by atoms with Crippen LogP contribution in [0.1, 0.15) is 39.9 Å². The summed E-state index contributed by atoms with van der Waals surface area (Å²) in [6.07, 6.45) is 0.687. The minimum atomic E-state index is -0.948. The standard InChI is InChI=1S/C14H17N3O2/c1-5-12-6-11(14(18)19)7-13(15-12)17-10(4)8(2)9(3)16-17/h6-7H,5H2,1-4H3,(H,18,19). The van der Waals surface area contributed by atoms with Gasteiger partial charge in [0, 0.05) is 11.4 Å². The smallest absolute Gasteiger partial charge is 0.335 e. The Balaban J connectivity index is 2.64. The van der Waals surface area contributed by atoms with Crippen molar-refractivity contribution in [3.05, 3.63) is 40.3 Å². The number of carboxylic acid groups (broad SMARTS) is 1. The highest BCUT2D eigenvalue weighted by molar-refractivity contribution is 5.88. The van der Waals surface area contributed by atoms with Crippen LogP contribution in [0.3, 0.4) is 0 Å². The van der Waals surface area contributed by atoms with Gasteiger partial charge in [-0.2, -0.15) is 5.10 Å². The Morgan fingerprint density at radius 1 is 1.32 bits per heavy atom. The highest BCUT2D eigenvalue weighted by atomic mass is 16.4. The molecular weight excluding hydrogens is 242 g/mol. The molecule has 0 saturated heterocycles. The number of aryl methyl sites for hydroxylation is 2. The van der Waals surface area contributed by atoms with E-state index in [1.807, 2.05) is 27.7 Å². The Morgan fingerprint density at radius 2 is 2.00 bits per heavy atom. The number of rotatable bonds is 3. The molecule has 0 fully saturated rings. The lowest BCUT2D eigenvalue weighted by atomic mass is 10.2. The van der Waals surface area contributed by atoms with Gasteiger partial charge in [-0.3, -0.25) is 0 Å². The first kappa shape index (κ1) is 13.3. The summed E-state index contributed by atoms with van der Waals surface area (Å²) >= 11 is 0. The lowest BCUT2D eigenvalue weighted by molar-refractivity contribution is 0.0696. The molecule has 19 heavy (non-hydrogen) atoms. The van der Waals surface area contributed by atoms with Gasteiger partial charge < -0.3 is 5.11 Å². The second-order valence-electron chi connectivity index (χ2n) is 4.57. The van der Waals surface area contributed by atoms with Crippen molar-refractivity contribution in [1.82, 2.24) is 14.8 Å². The molecule has 2 aromatic heterocycles. The monoisotopic (exact) mass is 259 g/mol. The molecule has 0 aliphatic rings. The van der Waals surface area contributed by atoms with Crippen molar-refractivity contribution in [2.75, 3.05) is 0 Å². The van der Waals surface area contributed by atoms with Crippen LogP contribution in [0.15, 0.2) is 12.1 Å². The predicted octanol–water partition coefficient (Wildman–Crippen LogP) is 2.45. The summed E-state index contributed by atoms with van der Waals surface area (Å²) in [5.74, 6) is -0.387. The average molecular weight is 259 g/mol. The van der Waals surface area contributed by atoms with Crippen molar-refractivity contribution < 1.29 is 9.90 Å². The third-order valence-electron chi connectivity index (χ3n) is 3.34. The topological polar surface area (TPSA) is 68.0 Å². The van der Waals surface area contributed by atoms with Crippen LogP contribution in [0.2, 0.25) is 0 Å².